The summed E-state index contributed by atoms with van der Waals surface area (Å²) in [5.74, 6) is 1.97. The van der Waals surface area contributed by atoms with Crippen LogP contribution in [0.3, 0.4) is 0 Å². The monoisotopic (exact) mass is 657 g/mol. The van der Waals surface area contributed by atoms with Gasteiger partial charge in [0.05, 0.1) is 31.4 Å². The molecule has 0 unspecified atom stereocenters. The molecule has 1 amide bonds. The number of nitrogens with one attached hydrogen (secondary N) is 1. The van der Waals surface area contributed by atoms with E-state index < -0.39 is 11.2 Å². The van der Waals surface area contributed by atoms with Gasteiger partial charge in [0.25, 0.3) is 0 Å². The van der Waals surface area contributed by atoms with Crippen LogP contribution in [0.2, 0.25) is 0 Å². The molecule has 0 aliphatic carbocycles. The van der Waals surface area contributed by atoms with Crippen LogP contribution in [0.15, 0.2) is 90.2 Å². The number of hydrogen-bond acceptors (Lipinski definition) is 6. The van der Waals surface area contributed by atoms with Crippen molar-refractivity contribution in [3.05, 3.63) is 96.6 Å². The highest BCUT2D eigenvalue weighted by atomic mass is 32.2. The van der Waals surface area contributed by atoms with Crippen molar-refractivity contribution in [1.82, 2.24) is 9.55 Å². The van der Waals surface area contributed by atoms with Crippen molar-refractivity contribution < 1.29 is 23.6 Å². The Labute approximate surface area is 282 Å². The minimum Gasteiger partial charge on any atom is -0.611 e. The van der Waals surface area contributed by atoms with E-state index in [1.807, 2.05) is 47.0 Å². The van der Waals surface area contributed by atoms with Crippen molar-refractivity contribution in [2.45, 2.75) is 64.2 Å². The predicted molar refractivity (Wildman–Crippen MR) is 190 cm³/mol. The second-order valence-corrected chi connectivity index (χ2v) is 13.2. The third-order valence-corrected chi connectivity index (χ3v) is 8.61. The number of carbonyl (C=O) groups excluding carboxylic acids is 1. The van der Waals surface area contributed by atoms with Crippen molar-refractivity contribution in [2.75, 3.05) is 31.7 Å². The minimum absolute atomic E-state index is 0.275. The van der Waals surface area contributed by atoms with Crippen LogP contribution < -0.4 is 14.8 Å². The molecule has 0 bridgehead atoms. The number of aromatic nitrogens is 2. The maximum absolute atomic E-state index is 13.0. The SMILES string of the molecule is CCCCOCCOc1ccc(-c2ccc(OCC(C)C)c(/C=C/C(=O)Nc3ccc([S@+]([O-])Cc4cncn4CCC)cc3)c2)cc1. The lowest BCUT2D eigenvalue weighted by molar-refractivity contribution is -0.111. The summed E-state index contributed by atoms with van der Waals surface area (Å²) in [5.41, 5.74) is 4.39. The summed E-state index contributed by atoms with van der Waals surface area (Å²) in [4.78, 5) is 17.8. The Hall–Kier alpha value is -4.05. The molecule has 0 spiro atoms. The minimum atomic E-state index is -1.22. The molecule has 0 fully saturated rings. The maximum Gasteiger partial charge on any atom is 0.248 e. The average molecular weight is 658 g/mol. The fraction of sp³-hybridized carbons (Fsp3) is 0.368. The van der Waals surface area contributed by atoms with Gasteiger partial charge in [-0.15, -0.1) is 0 Å². The topological polar surface area (TPSA) is 97.7 Å². The number of carbonyl (C=O) groups is 1. The van der Waals surface area contributed by atoms with Crippen LogP contribution in [-0.4, -0.2) is 46.4 Å². The Kier molecular flexibility index (Phi) is 14.4. The van der Waals surface area contributed by atoms with Gasteiger partial charge in [-0.25, -0.2) is 4.98 Å². The number of amides is 1. The molecule has 4 aromatic rings. The Balaban J connectivity index is 1.39. The van der Waals surface area contributed by atoms with Gasteiger partial charge in [-0.1, -0.05) is 52.3 Å². The zero-order valence-electron chi connectivity index (χ0n) is 27.9. The largest absolute Gasteiger partial charge is 0.611 e. The number of hydrogen-bond donors (Lipinski definition) is 1. The molecule has 4 rings (SSSR count). The molecule has 0 aliphatic rings. The standard InChI is InChI=1S/C38H47N3O5S/c1-5-7-21-44-22-23-45-35-14-8-30(9-15-35)31-10-18-37(46-26-29(3)4)32(24-31)11-19-38(42)40-33-12-16-36(17-13-33)47(43)27-34-25-39-28-41(34)20-6-2/h8-19,24-25,28-29H,5-7,20-23,26-27H2,1-4H3,(H,40,42)/b19-11+/t47-/m1/s1. The molecule has 1 N–H and O–H groups in total. The smallest absolute Gasteiger partial charge is 0.248 e. The summed E-state index contributed by atoms with van der Waals surface area (Å²) in [6.45, 7) is 11.7. The number of nitrogens with zero attached hydrogens (tertiary/aromatic N) is 2. The Morgan fingerprint density at radius 2 is 1.72 bits per heavy atom. The number of ether oxygens (including phenoxy) is 3. The quantitative estimate of drug-likeness (QED) is 0.0621. The van der Waals surface area contributed by atoms with Gasteiger partial charge in [-0.05, 0) is 95.7 Å². The molecular formula is C38H47N3O5S. The molecule has 3 aromatic carbocycles. The number of unbranched alkanes of at least 4 members (excludes halogenated alkanes) is 1. The normalized spacial score (nSPS) is 12.0. The van der Waals surface area contributed by atoms with Crippen LogP contribution in [0.25, 0.3) is 17.2 Å². The summed E-state index contributed by atoms with van der Waals surface area (Å²) in [5, 5.41) is 2.90. The lowest BCUT2D eigenvalue weighted by atomic mass is 10.0. The van der Waals surface area contributed by atoms with Crippen LogP contribution in [-0.2, 0) is 33.0 Å². The molecule has 8 nitrogen and oxygen atoms in total. The maximum atomic E-state index is 13.0. The van der Waals surface area contributed by atoms with E-state index in [9.17, 15) is 9.35 Å². The molecule has 9 heteroatoms. The van der Waals surface area contributed by atoms with E-state index in [4.69, 9.17) is 14.2 Å². The molecule has 1 heterocycles. The molecule has 1 atom stereocenters. The Morgan fingerprint density at radius 3 is 2.45 bits per heavy atom. The van der Waals surface area contributed by atoms with E-state index >= 15 is 0 Å². The zero-order valence-corrected chi connectivity index (χ0v) is 28.8. The van der Waals surface area contributed by atoms with E-state index in [1.54, 1.807) is 42.9 Å². The van der Waals surface area contributed by atoms with E-state index in [0.717, 1.165) is 60.5 Å². The summed E-state index contributed by atoms with van der Waals surface area (Å²) < 4.78 is 32.5. The summed E-state index contributed by atoms with van der Waals surface area (Å²) in [7, 11) is 0. The number of imidazole rings is 1. The first-order chi connectivity index (χ1) is 22.9. The van der Waals surface area contributed by atoms with Gasteiger partial charge in [0.2, 0.25) is 5.91 Å². The van der Waals surface area contributed by atoms with Crippen LogP contribution in [0.5, 0.6) is 11.5 Å². The number of aryl methyl sites for hydroxylation is 1. The first kappa shape index (κ1) is 35.8. The third kappa shape index (κ3) is 11.6. The Bertz CT molecular complexity index is 1550. The fourth-order valence-electron chi connectivity index (χ4n) is 4.72. The summed E-state index contributed by atoms with van der Waals surface area (Å²) >= 11 is -1.22. The number of anilines is 1. The van der Waals surface area contributed by atoms with Crippen molar-refractivity contribution in [2.24, 2.45) is 5.92 Å². The molecule has 0 saturated heterocycles. The van der Waals surface area contributed by atoms with Crippen molar-refractivity contribution in [3.8, 4) is 22.6 Å². The molecular weight excluding hydrogens is 611 g/mol. The van der Waals surface area contributed by atoms with Gasteiger partial charge in [0, 0.05) is 30.5 Å². The first-order valence-electron chi connectivity index (χ1n) is 16.4. The lowest BCUT2D eigenvalue weighted by Crippen LogP contribution is -2.11. The third-order valence-electron chi connectivity index (χ3n) is 7.25. The highest BCUT2D eigenvalue weighted by molar-refractivity contribution is 7.90. The second kappa shape index (κ2) is 18.9. The fourth-order valence-corrected chi connectivity index (χ4v) is 5.84. The summed E-state index contributed by atoms with van der Waals surface area (Å²) in [6.07, 6.45) is 9.97. The lowest BCUT2D eigenvalue weighted by Gasteiger charge is -2.14. The van der Waals surface area contributed by atoms with E-state index in [0.29, 0.717) is 47.8 Å². The summed E-state index contributed by atoms with van der Waals surface area (Å²) in [6, 6.07) is 21.1. The van der Waals surface area contributed by atoms with Crippen LogP contribution in [0.4, 0.5) is 5.69 Å². The molecule has 0 saturated carbocycles. The van der Waals surface area contributed by atoms with Crippen molar-refractivity contribution in [3.63, 3.8) is 0 Å². The van der Waals surface area contributed by atoms with Gasteiger partial charge in [0.1, 0.15) is 18.1 Å². The van der Waals surface area contributed by atoms with Gasteiger partial charge in [-0.3, -0.25) is 4.79 Å². The van der Waals surface area contributed by atoms with Gasteiger partial charge >= 0.3 is 0 Å². The first-order valence-corrected chi connectivity index (χ1v) is 17.7. The predicted octanol–water partition coefficient (Wildman–Crippen LogP) is 8.15. The molecule has 47 heavy (non-hydrogen) atoms. The second-order valence-electron chi connectivity index (χ2n) is 11.7. The molecule has 250 valence electrons. The van der Waals surface area contributed by atoms with Gasteiger partial charge < -0.3 is 28.6 Å². The molecule has 0 aliphatic heterocycles. The van der Waals surface area contributed by atoms with Crippen molar-refractivity contribution in [1.29, 1.82) is 0 Å². The van der Waals surface area contributed by atoms with Crippen LogP contribution in [0.1, 0.15) is 58.2 Å². The van der Waals surface area contributed by atoms with E-state index in [-0.39, 0.29) is 5.91 Å². The zero-order chi connectivity index (χ0) is 33.4. The van der Waals surface area contributed by atoms with Crippen LogP contribution in [0, 0.1) is 5.92 Å². The van der Waals surface area contributed by atoms with Gasteiger partial charge in [-0.2, -0.15) is 0 Å². The highest BCUT2D eigenvalue weighted by Gasteiger charge is 2.15. The van der Waals surface area contributed by atoms with Gasteiger partial charge in [0.15, 0.2) is 10.6 Å². The van der Waals surface area contributed by atoms with Crippen molar-refractivity contribution >= 4 is 28.8 Å². The van der Waals surface area contributed by atoms with E-state index in [1.165, 1.54) is 6.08 Å². The Morgan fingerprint density at radius 1 is 0.957 bits per heavy atom. The highest BCUT2D eigenvalue weighted by Crippen LogP contribution is 2.30. The molecule has 1 aromatic heterocycles. The average Bonchev–Trinajstić information content (AvgIpc) is 3.51. The molecule has 0 radical (unpaired) electrons. The number of benzene rings is 3. The number of rotatable bonds is 19. The van der Waals surface area contributed by atoms with E-state index in [2.05, 4.69) is 38.0 Å². The van der Waals surface area contributed by atoms with Crippen LogP contribution >= 0.6 is 0 Å².